The Labute approximate surface area is 127 Å². The van der Waals surface area contributed by atoms with Gasteiger partial charge in [-0.3, -0.25) is 14.6 Å². The quantitative estimate of drug-likeness (QED) is 0.599. The summed E-state index contributed by atoms with van der Waals surface area (Å²) in [6.45, 7) is 0. The van der Waals surface area contributed by atoms with Gasteiger partial charge in [-0.1, -0.05) is 18.2 Å². The van der Waals surface area contributed by atoms with Crippen molar-refractivity contribution in [1.29, 1.82) is 0 Å². The smallest absolute Gasteiger partial charge is 0.238 e. The molecule has 1 aliphatic heterocycles. The molecule has 4 heteroatoms. The maximum absolute atomic E-state index is 12.8. The predicted octanol–water partition coefficient (Wildman–Crippen LogP) is 2.55. The van der Waals surface area contributed by atoms with Crippen molar-refractivity contribution in [3.8, 4) is 0 Å². The van der Waals surface area contributed by atoms with Crippen LogP contribution >= 0.6 is 0 Å². The van der Waals surface area contributed by atoms with Gasteiger partial charge in [-0.15, -0.1) is 0 Å². The number of fused-ring (bicyclic) bond motifs is 6. The Balaban J connectivity index is 1.60. The maximum atomic E-state index is 12.8. The first kappa shape index (κ1) is 12.1. The Kier molecular flexibility index (Phi) is 2.22. The summed E-state index contributed by atoms with van der Waals surface area (Å²) >= 11 is 0. The van der Waals surface area contributed by atoms with E-state index in [0.29, 0.717) is 5.69 Å². The van der Waals surface area contributed by atoms with Gasteiger partial charge in [-0.25, -0.2) is 4.90 Å². The maximum Gasteiger partial charge on any atom is 0.238 e. The number of pyridine rings is 1. The summed E-state index contributed by atoms with van der Waals surface area (Å²) in [5, 5.41) is 0.943. The standard InChI is InChI=1S/C18H14N2O2/c21-17-15-11-3-4-12(8-11)16(15)18(22)20(17)13-5-6-14-10(9-13)2-1-7-19-14/h1-7,9,11-12,15-16H,8H2. The molecule has 1 saturated heterocycles. The average molecular weight is 290 g/mol. The zero-order valence-electron chi connectivity index (χ0n) is 11.8. The molecule has 4 nitrogen and oxygen atoms in total. The van der Waals surface area contributed by atoms with E-state index in [1.165, 1.54) is 4.90 Å². The van der Waals surface area contributed by atoms with Gasteiger partial charge in [0.2, 0.25) is 11.8 Å². The van der Waals surface area contributed by atoms with E-state index in [2.05, 4.69) is 17.1 Å². The molecular formula is C18H14N2O2. The summed E-state index contributed by atoms with van der Waals surface area (Å²) in [6, 6.07) is 9.38. The SMILES string of the molecule is O=C1C2C3C=CC(C3)C2C(=O)N1c1ccc2ncccc2c1. The second-order valence-corrected chi connectivity index (χ2v) is 6.39. The third-order valence-corrected chi connectivity index (χ3v) is 5.32. The number of carbonyl (C=O) groups excluding carboxylic acids is 2. The second kappa shape index (κ2) is 4.03. The third kappa shape index (κ3) is 1.39. The lowest BCUT2D eigenvalue weighted by molar-refractivity contribution is -0.123. The van der Waals surface area contributed by atoms with Crippen molar-refractivity contribution in [3.63, 3.8) is 0 Å². The molecule has 1 saturated carbocycles. The first-order valence-corrected chi connectivity index (χ1v) is 7.65. The number of rotatable bonds is 1. The molecule has 22 heavy (non-hydrogen) atoms. The number of anilines is 1. The van der Waals surface area contributed by atoms with Gasteiger partial charge in [0, 0.05) is 11.6 Å². The van der Waals surface area contributed by atoms with Crippen LogP contribution in [0.1, 0.15) is 6.42 Å². The highest BCUT2D eigenvalue weighted by Crippen LogP contribution is 2.53. The molecule has 2 aliphatic carbocycles. The van der Waals surface area contributed by atoms with E-state index < -0.39 is 0 Å². The number of benzene rings is 1. The zero-order valence-corrected chi connectivity index (χ0v) is 11.8. The van der Waals surface area contributed by atoms with Crippen molar-refractivity contribution >= 4 is 28.4 Å². The zero-order chi connectivity index (χ0) is 14.8. The fraction of sp³-hybridized carbons (Fsp3) is 0.278. The van der Waals surface area contributed by atoms with Crippen LogP contribution in [0.5, 0.6) is 0 Å². The van der Waals surface area contributed by atoms with Crippen LogP contribution in [0.3, 0.4) is 0 Å². The molecule has 3 aliphatic rings. The molecule has 0 N–H and O–H groups in total. The molecule has 4 atom stereocenters. The molecule has 2 amide bonds. The van der Waals surface area contributed by atoms with Gasteiger partial charge in [-0.2, -0.15) is 0 Å². The van der Waals surface area contributed by atoms with E-state index in [-0.39, 0.29) is 35.5 Å². The average Bonchev–Trinajstić information content (AvgIpc) is 3.21. The van der Waals surface area contributed by atoms with Gasteiger partial charge in [0.05, 0.1) is 23.0 Å². The molecule has 1 aromatic heterocycles. The van der Waals surface area contributed by atoms with Crippen molar-refractivity contribution in [2.24, 2.45) is 23.7 Å². The first-order valence-electron chi connectivity index (χ1n) is 7.65. The molecular weight excluding hydrogens is 276 g/mol. The van der Waals surface area contributed by atoms with Crippen molar-refractivity contribution < 1.29 is 9.59 Å². The summed E-state index contributed by atoms with van der Waals surface area (Å²) in [6.07, 6.45) is 6.93. The van der Waals surface area contributed by atoms with Crippen molar-refractivity contribution in [3.05, 3.63) is 48.7 Å². The molecule has 2 fully saturated rings. The normalized spacial score (nSPS) is 32.3. The van der Waals surface area contributed by atoms with Gasteiger partial charge in [0.15, 0.2) is 0 Å². The number of hydrogen-bond acceptors (Lipinski definition) is 3. The number of carbonyl (C=O) groups is 2. The van der Waals surface area contributed by atoms with E-state index in [4.69, 9.17) is 0 Å². The Morgan fingerprint density at radius 1 is 1.00 bits per heavy atom. The van der Waals surface area contributed by atoms with Gasteiger partial charge in [0.1, 0.15) is 0 Å². The van der Waals surface area contributed by atoms with Gasteiger partial charge in [-0.05, 0) is 42.5 Å². The number of hydrogen-bond donors (Lipinski definition) is 0. The fourth-order valence-corrected chi connectivity index (χ4v) is 4.36. The fourth-order valence-electron chi connectivity index (χ4n) is 4.36. The summed E-state index contributed by atoms with van der Waals surface area (Å²) in [7, 11) is 0. The minimum absolute atomic E-state index is 0.0323. The lowest BCUT2D eigenvalue weighted by Gasteiger charge is -2.17. The molecule has 2 bridgehead atoms. The number of allylic oxidation sites excluding steroid dienone is 2. The molecule has 2 heterocycles. The van der Waals surface area contributed by atoms with Crippen molar-refractivity contribution in [2.45, 2.75) is 6.42 Å². The van der Waals surface area contributed by atoms with E-state index in [0.717, 1.165) is 17.3 Å². The van der Waals surface area contributed by atoms with Crippen LogP contribution < -0.4 is 4.90 Å². The number of nitrogens with zero attached hydrogens (tertiary/aromatic N) is 2. The highest BCUT2D eigenvalue weighted by atomic mass is 16.2. The highest BCUT2D eigenvalue weighted by molar-refractivity contribution is 6.23. The largest absolute Gasteiger partial charge is 0.274 e. The van der Waals surface area contributed by atoms with Gasteiger partial charge < -0.3 is 0 Å². The van der Waals surface area contributed by atoms with Gasteiger partial charge in [0.25, 0.3) is 0 Å². The predicted molar refractivity (Wildman–Crippen MR) is 82.0 cm³/mol. The van der Waals surface area contributed by atoms with E-state index in [1.807, 2.05) is 30.3 Å². The topological polar surface area (TPSA) is 50.3 Å². The summed E-state index contributed by atoms with van der Waals surface area (Å²) in [5.74, 6) is 0.140. The molecule has 1 aromatic carbocycles. The van der Waals surface area contributed by atoms with Crippen LogP contribution in [0, 0.1) is 23.7 Å². The molecule has 0 radical (unpaired) electrons. The summed E-state index contributed by atoms with van der Waals surface area (Å²) < 4.78 is 0. The molecule has 108 valence electrons. The second-order valence-electron chi connectivity index (χ2n) is 6.39. The van der Waals surface area contributed by atoms with Gasteiger partial charge >= 0.3 is 0 Å². The van der Waals surface area contributed by atoms with E-state index in [9.17, 15) is 9.59 Å². The minimum atomic E-state index is -0.146. The number of amides is 2. The third-order valence-electron chi connectivity index (χ3n) is 5.32. The lowest BCUT2D eigenvalue weighted by Crippen LogP contribution is -2.32. The van der Waals surface area contributed by atoms with Crippen molar-refractivity contribution in [1.82, 2.24) is 4.98 Å². The molecule has 5 rings (SSSR count). The Morgan fingerprint density at radius 3 is 2.45 bits per heavy atom. The van der Waals surface area contributed by atoms with Crippen LogP contribution in [-0.2, 0) is 9.59 Å². The minimum Gasteiger partial charge on any atom is -0.274 e. The van der Waals surface area contributed by atoms with E-state index in [1.54, 1.807) is 6.20 Å². The number of aromatic nitrogens is 1. The highest BCUT2D eigenvalue weighted by Gasteiger charge is 2.59. The first-order chi connectivity index (χ1) is 10.7. The van der Waals surface area contributed by atoms with Crippen LogP contribution in [0.15, 0.2) is 48.7 Å². The van der Waals surface area contributed by atoms with Crippen LogP contribution in [0.25, 0.3) is 10.9 Å². The Morgan fingerprint density at radius 2 is 1.73 bits per heavy atom. The molecule has 2 aromatic rings. The van der Waals surface area contributed by atoms with Crippen LogP contribution in [0.4, 0.5) is 5.69 Å². The number of imide groups is 1. The summed E-state index contributed by atoms with van der Waals surface area (Å²) in [4.78, 5) is 31.2. The Hall–Kier alpha value is -2.49. The van der Waals surface area contributed by atoms with Crippen molar-refractivity contribution in [2.75, 3.05) is 4.90 Å². The Bertz CT molecular complexity index is 827. The lowest BCUT2D eigenvalue weighted by atomic mass is 9.85. The summed E-state index contributed by atoms with van der Waals surface area (Å²) in [5.41, 5.74) is 1.54. The van der Waals surface area contributed by atoms with Crippen LogP contribution in [-0.4, -0.2) is 16.8 Å². The molecule has 4 unspecified atom stereocenters. The van der Waals surface area contributed by atoms with E-state index >= 15 is 0 Å². The molecule has 0 spiro atoms. The van der Waals surface area contributed by atoms with Crippen LogP contribution in [0.2, 0.25) is 0 Å². The monoisotopic (exact) mass is 290 g/mol.